The van der Waals surface area contributed by atoms with Gasteiger partial charge in [0.05, 0.1) is 0 Å². The van der Waals surface area contributed by atoms with Crippen LogP contribution in [0.3, 0.4) is 0 Å². The third-order valence-corrected chi connectivity index (χ3v) is 16.0. The molecule has 8 heteroatoms. The molecule has 0 radical (unpaired) electrons. The van der Waals surface area contributed by atoms with Crippen LogP contribution >= 0.6 is 0 Å². The Hall–Kier alpha value is -10.7. The van der Waals surface area contributed by atoms with Crippen LogP contribution in [0.15, 0.2) is 257 Å². The monoisotopic (exact) mass is 1000 g/mol. The van der Waals surface area contributed by atoms with Crippen LogP contribution in [0.25, 0.3) is 142 Å². The van der Waals surface area contributed by atoms with Gasteiger partial charge in [0, 0.05) is 146 Å². The molecule has 0 saturated carbocycles. The van der Waals surface area contributed by atoms with Crippen molar-refractivity contribution >= 4 is 177 Å². The fourth-order valence-corrected chi connectivity index (χ4v) is 12.4. The topological polar surface area (TPSA) is 85.3 Å². The van der Waals surface area contributed by atoms with E-state index in [-0.39, 0.29) is 0 Å². The molecule has 0 aliphatic carbocycles. The van der Waals surface area contributed by atoms with Gasteiger partial charge in [-0.15, -0.1) is 0 Å². The van der Waals surface area contributed by atoms with Gasteiger partial charge in [0.1, 0.15) is 67.0 Å². The predicted molar refractivity (Wildman–Crippen MR) is 317 cm³/mol. The molecule has 0 N–H and O–H groups in total. The van der Waals surface area contributed by atoms with Crippen LogP contribution in [0, 0.1) is 0 Å². The van der Waals surface area contributed by atoms with Gasteiger partial charge in [0.2, 0.25) is 0 Å². The highest BCUT2D eigenvalue weighted by Gasteiger charge is 2.23. The number of furan rings is 6. The van der Waals surface area contributed by atoms with Gasteiger partial charge in [-0.25, -0.2) is 0 Å². The van der Waals surface area contributed by atoms with Gasteiger partial charge in [0.15, 0.2) is 0 Å². The third kappa shape index (κ3) is 5.93. The minimum absolute atomic E-state index is 0.769. The number of nitrogens with zero attached hydrogens (tertiary/aromatic N) is 2. The molecule has 0 saturated heterocycles. The van der Waals surface area contributed by atoms with Crippen molar-refractivity contribution in [3.63, 3.8) is 0 Å². The summed E-state index contributed by atoms with van der Waals surface area (Å²) >= 11 is 0. The quantitative estimate of drug-likeness (QED) is 0.163. The molecule has 0 bridgehead atoms. The van der Waals surface area contributed by atoms with E-state index in [1.165, 1.54) is 0 Å². The summed E-state index contributed by atoms with van der Waals surface area (Å²) < 4.78 is 39.8. The minimum atomic E-state index is 0.769. The number of hydrogen-bond donors (Lipinski definition) is 0. The second-order valence-electron chi connectivity index (χ2n) is 20.3. The number of fused-ring (bicyclic) bond motifs is 21. The minimum Gasteiger partial charge on any atom is -0.456 e. The van der Waals surface area contributed by atoms with Gasteiger partial charge >= 0.3 is 0 Å². The molecule has 364 valence electrons. The van der Waals surface area contributed by atoms with Crippen molar-refractivity contribution in [2.45, 2.75) is 0 Å². The van der Waals surface area contributed by atoms with E-state index in [0.29, 0.717) is 0 Å². The lowest BCUT2D eigenvalue weighted by Gasteiger charge is -2.25. The smallest absolute Gasteiger partial charge is 0.143 e. The zero-order chi connectivity index (χ0) is 50.7. The van der Waals surface area contributed by atoms with Crippen molar-refractivity contribution in [2.24, 2.45) is 0 Å². The largest absolute Gasteiger partial charge is 0.456 e. The van der Waals surface area contributed by atoms with Crippen LogP contribution in [0.4, 0.5) is 34.1 Å². The molecule has 0 aliphatic heterocycles. The standard InChI is InChI=1S/C70H38N2O6/c1-5-13-59-45(9-1)49-23-17-39(33-63(49)73-59)71(40-18-24-50-46-10-2-6-14-60(46)74-64(50)34-40)43-21-27-53-55-29-31-58-57(69(55)77-67(53)37-43)32-30-56-54-28-22-44(38-68(54)78-70(56)58)72(41-19-25-51-47-11-3-7-15-61(47)75-65(51)35-41)42-20-26-52-48-12-4-8-16-62(48)76-66(52)36-42/h1-38H. The first-order chi connectivity index (χ1) is 38.6. The summed E-state index contributed by atoms with van der Waals surface area (Å²) in [6, 6.07) is 80.0. The first-order valence-electron chi connectivity index (χ1n) is 26.1. The van der Waals surface area contributed by atoms with E-state index in [1.54, 1.807) is 0 Å². The van der Waals surface area contributed by atoms with Crippen molar-refractivity contribution in [2.75, 3.05) is 9.80 Å². The normalized spacial score (nSPS) is 12.4. The summed E-state index contributed by atoms with van der Waals surface area (Å²) in [4.78, 5) is 4.48. The highest BCUT2D eigenvalue weighted by atomic mass is 16.3. The molecule has 12 aromatic carbocycles. The van der Waals surface area contributed by atoms with Crippen molar-refractivity contribution in [1.29, 1.82) is 0 Å². The highest BCUT2D eigenvalue weighted by Crippen LogP contribution is 2.47. The molecule has 0 aliphatic rings. The lowest BCUT2D eigenvalue weighted by atomic mass is 10.0. The molecule has 0 atom stereocenters. The molecule has 8 nitrogen and oxygen atoms in total. The maximum absolute atomic E-state index is 6.99. The zero-order valence-electron chi connectivity index (χ0n) is 41.3. The van der Waals surface area contributed by atoms with E-state index >= 15 is 0 Å². The molecule has 78 heavy (non-hydrogen) atoms. The lowest BCUT2D eigenvalue weighted by Crippen LogP contribution is -2.09. The van der Waals surface area contributed by atoms with E-state index in [0.717, 1.165) is 177 Å². The second kappa shape index (κ2) is 15.4. The van der Waals surface area contributed by atoms with Gasteiger partial charge < -0.3 is 36.3 Å². The number of para-hydroxylation sites is 4. The van der Waals surface area contributed by atoms with Gasteiger partial charge in [-0.2, -0.15) is 0 Å². The molecule has 18 rings (SSSR count). The summed E-state index contributed by atoms with van der Waals surface area (Å²) in [5.41, 5.74) is 15.4. The molecule has 0 fully saturated rings. The highest BCUT2D eigenvalue weighted by molar-refractivity contribution is 6.23. The van der Waals surface area contributed by atoms with Crippen LogP contribution in [0.5, 0.6) is 0 Å². The molecule has 0 amide bonds. The number of anilines is 6. The molecule has 6 aromatic heterocycles. The molecule has 18 aromatic rings. The van der Waals surface area contributed by atoms with E-state index in [4.69, 9.17) is 26.5 Å². The lowest BCUT2D eigenvalue weighted by molar-refractivity contribution is 0.668. The van der Waals surface area contributed by atoms with E-state index in [9.17, 15) is 0 Å². The van der Waals surface area contributed by atoms with Gasteiger partial charge in [-0.1, -0.05) is 72.8 Å². The Morgan fingerprint density at radius 1 is 0.167 bits per heavy atom. The van der Waals surface area contributed by atoms with Crippen molar-refractivity contribution in [1.82, 2.24) is 0 Å². The Kier molecular flexibility index (Phi) is 8.24. The number of benzene rings is 12. The maximum Gasteiger partial charge on any atom is 0.143 e. The first-order valence-corrected chi connectivity index (χ1v) is 26.1. The zero-order valence-corrected chi connectivity index (χ0v) is 41.3. The Morgan fingerprint density at radius 2 is 0.359 bits per heavy atom. The average Bonchev–Trinajstić information content (AvgIpc) is 4.40. The molecule has 6 heterocycles. The maximum atomic E-state index is 6.99. The van der Waals surface area contributed by atoms with Crippen LogP contribution in [0.2, 0.25) is 0 Å². The number of hydrogen-bond acceptors (Lipinski definition) is 8. The van der Waals surface area contributed by atoms with Gasteiger partial charge in [-0.05, 0) is 121 Å². The van der Waals surface area contributed by atoms with E-state index in [2.05, 4.69) is 168 Å². The van der Waals surface area contributed by atoms with E-state index in [1.807, 2.05) is 72.8 Å². The Bertz CT molecular complexity index is 5000. The molecular weight excluding hydrogens is 965 g/mol. The van der Waals surface area contributed by atoms with Crippen molar-refractivity contribution in [3.8, 4) is 0 Å². The van der Waals surface area contributed by atoms with Crippen LogP contribution in [-0.2, 0) is 0 Å². The molecule has 0 unspecified atom stereocenters. The number of rotatable bonds is 6. The Balaban J connectivity index is 0.773. The average molecular weight is 1000 g/mol. The van der Waals surface area contributed by atoms with Crippen LogP contribution < -0.4 is 9.80 Å². The van der Waals surface area contributed by atoms with Crippen molar-refractivity contribution in [3.05, 3.63) is 231 Å². The fraction of sp³-hybridized carbons (Fsp3) is 0. The first kappa shape index (κ1) is 41.6. The van der Waals surface area contributed by atoms with E-state index < -0.39 is 0 Å². The summed E-state index contributed by atoms with van der Waals surface area (Å²) in [6.07, 6.45) is 0. The third-order valence-electron chi connectivity index (χ3n) is 16.0. The summed E-state index contributed by atoms with van der Waals surface area (Å²) in [7, 11) is 0. The van der Waals surface area contributed by atoms with Gasteiger partial charge in [0.25, 0.3) is 0 Å². The Morgan fingerprint density at radius 3 is 0.628 bits per heavy atom. The van der Waals surface area contributed by atoms with Crippen LogP contribution in [-0.4, -0.2) is 0 Å². The van der Waals surface area contributed by atoms with Crippen LogP contribution in [0.1, 0.15) is 0 Å². The molecular formula is C70H38N2O6. The fourth-order valence-electron chi connectivity index (χ4n) is 12.4. The summed E-state index contributed by atoms with van der Waals surface area (Å²) in [6.45, 7) is 0. The summed E-state index contributed by atoms with van der Waals surface area (Å²) in [5, 5.41) is 14.7. The SMILES string of the molecule is c1ccc2c(c1)oc1cc(N(c3ccc4c(c3)oc3ccccc34)c3ccc4c(c3)oc3c4ccc4c3ccc3c5ccc(N(c6ccc7c(c6)oc6ccccc67)c6ccc7c(c6)oc6ccccc67)cc5oc34)ccc12. The van der Waals surface area contributed by atoms with Crippen molar-refractivity contribution < 1.29 is 26.5 Å². The van der Waals surface area contributed by atoms with Gasteiger partial charge in [-0.3, -0.25) is 0 Å². The Labute approximate surface area is 441 Å². The summed E-state index contributed by atoms with van der Waals surface area (Å²) in [5.74, 6) is 0. The second-order valence-corrected chi connectivity index (χ2v) is 20.3. The predicted octanol–water partition coefficient (Wildman–Crippen LogP) is 21.2. The molecule has 0 spiro atoms.